The Kier molecular flexibility index (Phi) is 3.37. The van der Waals surface area contributed by atoms with Crippen LogP contribution in [0.2, 0.25) is 0 Å². The SMILES string of the molecule is O=C(O)CCN(C(=O)NC(C1CC1)C1CC1)C1CC1. The number of carbonyl (C=O) groups is 2. The van der Waals surface area contributed by atoms with Crippen LogP contribution >= 0.6 is 0 Å². The molecule has 0 aliphatic heterocycles. The molecule has 5 nitrogen and oxygen atoms in total. The quantitative estimate of drug-likeness (QED) is 0.738. The molecule has 0 radical (unpaired) electrons. The van der Waals surface area contributed by atoms with Gasteiger partial charge < -0.3 is 15.3 Å². The fourth-order valence-corrected chi connectivity index (χ4v) is 2.81. The van der Waals surface area contributed by atoms with Gasteiger partial charge in [-0.1, -0.05) is 0 Å². The van der Waals surface area contributed by atoms with E-state index in [0.717, 1.165) is 12.8 Å². The van der Waals surface area contributed by atoms with Gasteiger partial charge in [0.05, 0.1) is 6.42 Å². The van der Waals surface area contributed by atoms with Crippen LogP contribution in [0, 0.1) is 11.8 Å². The minimum absolute atomic E-state index is 0.0347. The molecule has 2 amide bonds. The molecule has 0 bridgehead atoms. The van der Waals surface area contributed by atoms with Crippen molar-refractivity contribution < 1.29 is 14.7 Å². The minimum atomic E-state index is -0.834. The van der Waals surface area contributed by atoms with E-state index in [4.69, 9.17) is 5.11 Å². The summed E-state index contributed by atoms with van der Waals surface area (Å²) in [5, 5.41) is 11.9. The average Bonchev–Trinajstić information content (AvgIpc) is 3.23. The first-order chi connectivity index (χ1) is 9.15. The summed E-state index contributed by atoms with van der Waals surface area (Å²) >= 11 is 0. The summed E-state index contributed by atoms with van der Waals surface area (Å²) in [5.41, 5.74) is 0. The standard InChI is InChI=1S/C14H22N2O3/c17-12(18)7-8-16(11-5-6-11)14(19)15-13(9-1-2-9)10-3-4-10/h9-11,13H,1-8H2,(H,15,19)(H,17,18). The van der Waals surface area contributed by atoms with Gasteiger partial charge in [0.25, 0.3) is 0 Å². The largest absolute Gasteiger partial charge is 0.481 e. The summed E-state index contributed by atoms with van der Waals surface area (Å²) in [6.45, 7) is 0.341. The molecule has 0 atom stereocenters. The second-order valence-electron chi connectivity index (χ2n) is 6.22. The average molecular weight is 266 g/mol. The van der Waals surface area contributed by atoms with E-state index in [1.807, 2.05) is 0 Å². The third-order valence-corrected chi connectivity index (χ3v) is 4.36. The number of carbonyl (C=O) groups excluding carboxylic acids is 1. The highest BCUT2D eigenvalue weighted by molar-refractivity contribution is 5.76. The van der Waals surface area contributed by atoms with Gasteiger partial charge in [0.1, 0.15) is 0 Å². The Labute approximate surface area is 113 Å². The first-order valence-electron chi connectivity index (χ1n) is 7.44. The van der Waals surface area contributed by atoms with Crippen molar-refractivity contribution in [3.63, 3.8) is 0 Å². The summed E-state index contributed by atoms with van der Waals surface area (Å²) in [5.74, 6) is 0.522. The maximum Gasteiger partial charge on any atom is 0.317 e. The van der Waals surface area contributed by atoms with Gasteiger partial charge in [0, 0.05) is 18.6 Å². The highest BCUT2D eigenvalue weighted by atomic mass is 16.4. The summed E-state index contributed by atoms with van der Waals surface area (Å²) < 4.78 is 0. The number of carboxylic acids is 1. The molecule has 0 spiro atoms. The van der Waals surface area contributed by atoms with Crippen LogP contribution in [0.15, 0.2) is 0 Å². The summed E-state index contributed by atoms with van der Waals surface area (Å²) in [4.78, 5) is 24.7. The zero-order valence-corrected chi connectivity index (χ0v) is 11.2. The molecular formula is C14H22N2O3. The van der Waals surface area contributed by atoms with E-state index in [1.165, 1.54) is 25.7 Å². The Morgan fingerprint density at radius 2 is 1.68 bits per heavy atom. The third-order valence-electron chi connectivity index (χ3n) is 4.36. The normalized spacial score (nSPS) is 22.4. The van der Waals surface area contributed by atoms with Gasteiger partial charge in [0.2, 0.25) is 0 Å². The number of nitrogens with zero attached hydrogens (tertiary/aromatic N) is 1. The Hall–Kier alpha value is -1.26. The summed E-state index contributed by atoms with van der Waals surface area (Å²) in [7, 11) is 0. The lowest BCUT2D eigenvalue weighted by atomic mass is 10.1. The van der Waals surface area contributed by atoms with Crippen molar-refractivity contribution in [1.82, 2.24) is 10.2 Å². The molecule has 2 N–H and O–H groups in total. The van der Waals surface area contributed by atoms with Crippen LogP contribution in [0.1, 0.15) is 44.9 Å². The third kappa shape index (κ3) is 3.39. The fraction of sp³-hybridized carbons (Fsp3) is 0.857. The van der Waals surface area contributed by atoms with Crippen molar-refractivity contribution in [2.75, 3.05) is 6.54 Å². The highest BCUT2D eigenvalue weighted by Gasteiger charge is 2.43. The van der Waals surface area contributed by atoms with Crippen LogP contribution in [0.3, 0.4) is 0 Å². The zero-order valence-electron chi connectivity index (χ0n) is 11.2. The molecule has 0 unspecified atom stereocenters. The smallest absolute Gasteiger partial charge is 0.317 e. The number of nitrogens with one attached hydrogen (secondary N) is 1. The molecule has 106 valence electrons. The molecule has 3 fully saturated rings. The Bertz CT molecular complexity index is 361. The number of amides is 2. The molecule has 0 aromatic heterocycles. The van der Waals surface area contributed by atoms with Crippen LogP contribution in [-0.2, 0) is 4.79 Å². The highest BCUT2D eigenvalue weighted by Crippen LogP contribution is 2.44. The van der Waals surface area contributed by atoms with Crippen molar-refractivity contribution in [1.29, 1.82) is 0 Å². The minimum Gasteiger partial charge on any atom is -0.481 e. The van der Waals surface area contributed by atoms with Crippen molar-refractivity contribution >= 4 is 12.0 Å². The van der Waals surface area contributed by atoms with E-state index in [-0.39, 0.29) is 18.5 Å². The van der Waals surface area contributed by atoms with Crippen molar-refractivity contribution in [2.45, 2.75) is 57.0 Å². The first kappa shape index (κ1) is 12.8. The predicted octanol–water partition coefficient (Wildman–Crippen LogP) is 1.82. The van der Waals surface area contributed by atoms with Gasteiger partial charge >= 0.3 is 12.0 Å². The van der Waals surface area contributed by atoms with Crippen LogP contribution in [0.4, 0.5) is 4.79 Å². The van der Waals surface area contributed by atoms with Gasteiger partial charge in [0.15, 0.2) is 0 Å². The van der Waals surface area contributed by atoms with Crippen LogP contribution in [0.25, 0.3) is 0 Å². The molecule has 3 aliphatic rings. The maximum atomic E-state index is 12.3. The number of aliphatic carboxylic acids is 1. The molecule has 19 heavy (non-hydrogen) atoms. The van der Waals surface area contributed by atoms with E-state index in [0.29, 0.717) is 24.4 Å². The summed E-state index contributed by atoms with van der Waals surface area (Å²) in [6, 6.07) is 0.588. The van der Waals surface area contributed by atoms with Crippen molar-refractivity contribution in [3.05, 3.63) is 0 Å². The molecule has 0 heterocycles. The molecule has 3 saturated carbocycles. The number of rotatable bonds is 7. The predicted molar refractivity (Wildman–Crippen MR) is 69.7 cm³/mol. The van der Waals surface area contributed by atoms with E-state index in [9.17, 15) is 9.59 Å². The van der Waals surface area contributed by atoms with Crippen LogP contribution < -0.4 is 5.32 Å². The Morgan fingerprint density at radius 1 is 1.11 bits per heavy atom. The van der Waals surface area contributed by atoms with Crippen molar-refractivity contribution in [3.8, 4) is 0 Å². The molecular weight excluding hydrogens is 244 g/mol. The van der Waals surface area contributed by atoms with E-state index >= 15 is 0 Å². The lowest BCUT2D eigenvalue weighted by Crippen LogP contribution is -2.48. The lowest BCUT2D eigenvalue weighted by molar-refractivity contribution is -0.137. The Balaban J connectivity index is 1.54. The fourth-order valence-electron chi connectivity index (χ4n) is 2.81. The number of urea groups is 1. The molecule has 0 aromatic carbocycles. The maximum absolute atomic E-state index is 12.3. The number of carboxylic acid groups (broad SMARTS) is 1. The van der Waals surface area contributed by atoms with E-state index in [2.05, 4.69) is 5.32 Å². The van der Waals surface area contributed by atoms with Crippen LogP contribution in [-0.4, -0.2) is 40.6 Å². The lowest BCUT2D eigenvalue weighted by Gasteiger charge is -2.26. The topological polar surface area (TPSA) is 69.6 Å². The van der Waals surface area contributed by atoms with Gasteiger partial charge in [-0.3, -0.25) is 4.79 Å². The molecule has 0 aromatic rings. The van der Waals surface area contributed by atoms with E-state index in [1.54, 1.807) is 4.90 Å². The monoisotopic (exact) mass is 266 g/mol. The molecule has 3 aliphatic carbocycles. The van der Waals surface area contributed by atoms with Gasteiger partial charge in [-0.05, 0) is 50.4 Å². The first-order valence-corrected chi connectivity index (χ1v) is 7.44. The van der Waals surface area contributed by atoms with E-state index < -0.39 is 5.97 Å². The molecule has 5 heteroatoms. The molecule has 0 saturated heterocycles. The summed E-state index contributed by atoms with van der Waals surface area (Å²) in [6.07, 6.45) is 7.02. The zero-order chi connectivity index (χ0) is 13.4. The number of hydrogen-bond acceptors (Lipinski definition) is 2. The van der Waals surface area contributed by atoms with Crippen LogP contribution in [0.5, 0.6) is 0 Å². The van der Waals surface area contributed by atoms with Crippen molar-refractivity contribution in [2.24, 2.45) is 11.8 Å². The van der Waals surface area contributed by atoms with Gasteiger partial charge in [-0.2, -0.15) is 0 Å². The number of hydrogen-bond donors (Lipinski definition) is 2. The second kappa shape index (κ2) is 5.02. The molecule has 3 rings (SSSR count). The Morgan fingerprint density at radius 3 is 2.11 bits per heavy atom. The van der Waals surface area contributed by atoms with Gasteiger partial charge in [-0.15, -0.1) is 0 Å². The second-order valence-corrected chi connectivity index (χ2v) is 6.22. The van der Waals surface area contributed by atoms with Gasteiger partial charge in [-0.25, -0.2) is 4.79 Å².